The van der Waals surface area contributed by atoms with Gasteiger partial charge in [-0.25, -0.2) is 9.18 Å². The molecule has 2 aromatic rings. The Morgan fingerprint density at radius 1 is 1.56 bits per heavy atom. The third-order valence-electron chi connectivity index (χ3n) is 2.04. The summed E-state index contributed by atoms with van der Waals surface area (Å²) in [4.78, 5) is 22.3. The number of carbonyl (C=O) groups is 1. The zero-order chi connectivity index (χ0) is 13.1. The van der Waals surface area contributed by atoms with Crippen LogP contribution >= 0.6 is 11.6 Å². The Labute approximate surface area is 105 Å². The molecule has 2 N–H and O–H groups in total. The van der Waals surface area contributed by atoms with Gasteiger partial charge in [0, 0.05) is 5.69 Å². The quantitative estimate of drug-likeness (QED) is 0.807. The van der Waals surface area contributed by atoms with Gasteiger partial charge in [-0.1, -0.05) is 16.3 Å². The summed E-state index contributed by atoms with van der Waals surface area (Å²) in [6.07, 6.45) is 1.09. The first-order valence-corrected chi connectivity index (χ1v) is 5.25. The number of hydrogen-bond acceptors (Lipinski definition) is 3. The Balaban J connectivity index is 2.02. The third-order valence-corrected chi connectivity index (χ3v) is 2.33. The monoisotopic (exact) mass is 272 g/mol. The summed E-state index contributed by atoms with van der Waals surface area (Å²) in [5.41, 5.74) is -0.231. The van der Waals surface area contributed by atoms with Gasteiger partial charge in [0.25, 0.3) is 18.6 Å². The molecule has 0 aliphatic heterocycles. The zero-order valence-corrected chi connectivity index (χ0v) is 9.70. The number of H-pyrrole nitrogens is 1. The number of aromatic amines is 1. The van der Waals surface area contributed by atoms with Crippen molar-refractivity contribution in [2.45, 2.75) is 6.54 Å². The highest BCUT2D eigenvalue weighted by Crippen LogP contribution is 2.19. The second-order valence-corrected chi connectivity index (χ2v) is 3.85. The average Bonchev–Trinajstić information content (AvgIpc) is 2.69. The Hall–Kier alpha value is -2.15. The summed E-state index contributed by atoms with van der Waals surface area (Å²) in [7, 11) is 0. The maximum Gasteiger partial charge on any atom is 0.426 e. The van der Waals surface area contributed by atoms with E-state index in [4.69, 9.17) is 11.6 Å². The first-order chi connectivity index (χ1) is 8.54. The lowest BCUT2D eigenvalue weighted by Crippen LogP contribution is -2.41. The fourth-order valence-corrected chi connectivity index (χ4v) is 1.47. The van der Waals surface area contributed by atoms with Crippen LogP contribution in [0.25, 0.3) is 0 Å². The van der Waals surface area contributed by atoms with Gasteiger partial charge in [0.15, 0.2) is 0 Å². The standard InChI is InChI=1S/C10H7ClFN3O3/c11-7-3-6(1-2-8(7)12)13-9(16)4-15-5-10(17)18-14-15/h1-3,5H,4H2,(H-,13,14,16,17)/p+1. The minimum absolute atomic E-state index is 0.0860. The molecule has 0 unspecified atom stereocenters. The van der Waals surface area contributed by atoms with Crippen LogP contribution in [-0.2, 0) is 11.3 Å². The lowest BCUT2D eigenvalue weighted by molar-refractivity contribution is -0.750. The molecular formula is C10H8ClFN3O3+. The molecule has 1 aromatic heterocycles. The number of anilines is 1. The van der Waals surface area contributed by atoms with Gasteiger partial charge in [-0.2, -0.15) is 0 Å². The number of benzene rings is 1. The van der Waals surface area contributed by atoms with E-state index in [1.165, 1.54) is 16.8 Å². The van der Waals surface area contributed by atoms with Crippen molar-refractivity contribution in [3.8, 4) is 0 Å². The largest absolute Gasteiger partial charge is 0.426 e. The fourth-order valence-electron chi connectivity index (χ4n) is 1.29. The topological polar surface area (TPSA) is 79.0 Å². The molecule has 1 amide bonds. The van der Waals surface area contributed by atoms with Gasteiger partial charge in [0.1, 0.15) is 5.82 Å². The third kappa shape index (κ3) is 2.95. The molecule has 0 spiro atoms. The van der Waals surface area contributed by atoms with E-state index in [-0.39, 0.29) is 11.6 Å². The summed E-state index contributed by atoms with van der Waals surface area (Å²) in [6.45, 7) is -0.138. The van der Waals surface area contributed by atoms with Crippen molar-refractivity contribution in [3.05, 3.63) is 45.7 Å². The number of nitrogens with zero attached hydrogens (tertiary/aromatic N) is 1. The van der Waals surface area contributed by atoms with E-state index >= 15 is 0 Å². The van der Waals surface area contributed by atoms with Crippen LogP contribution in [0.4, 0.5) is 10.1 Å². The molecular weight excluding hydrogens is 265 g/mol. The van der Waals surface area contributed by atoms with Crippen molar-refractivity contribution in [3.63, 3.8) is 0 Å². The SMILES string of the molecule is O=C(C[n+]1cc(=O)o[nH]1)Nc1ccc(F)c(Cl)c1. The van der Waals surface area contributed by atoms with Crippen molar-refractivity contribution in [1.29, 1.82) is 0 Å². The normalized spacial score (nSPS) is 10.3. The highest BCUT2D eigenvalue weighted by atomic mass is 35.5. The Morgan fingerprint density at radius 2 is 2.33 bits per heavy atom. The number of rotatable bonds is 3. The fraction of sp³-hybridized carbons (Fsp3) is 0.100. The molecule has 2 rings (SSSR count). The Bertz CT molecular complexity index is 637. The predicted molar refractivity (Wildman–Crippen MR) is 59.6 cm³/mol. The Kier molecular flexibility index (Phi) is 3.42. The number of nitrogens with one attached hydrogen (secondary N) is 2. The molecule has 1 aromatic carbocycles. The molecule has 8 heteroatoms. The molecule has 0 aliphatic rings. The molecule has 1 heterocycles. The van der Waals surface area contributed by atoms with E-state index < -0.39 is 17.3 Å². The van der Waals surface area contributed by atoms with E-state index in [1.54, 1.807) is 0 Å². The van der Waals surface area contributed by atoms with Gasteiger partial charge in [-0.15, -0.1) is 0 Å². The van der Waals surface area contributed by atoms with Gasteiger partial charge in [0.2, 0.25) is 0 Å². The number of hydrogen-bond donors (Lipinski definition) is 2. The van der Waals surface area contributed by atoms with Crippen LogP contribution in [0.2, 0.25) is 5.02 Å². The molecule has 0 fully saturated rings. The van der Waals surface area contributed by atoms with Crippen molar-refractivity contribution in [2.24, 2.45) is 0 Å². The van der Waals surface area contributed by atoms with E-state index in [9.17, 15) is 14.0 Å². The van der Waals surface area contributed by atoms with Crippen LogP contribution < -0.4 is 15.6 Å². The first kappa shape index (κ1) is 12.3. The van der Waals surface area contributed by atoms with Gasteiger partial charge in [-0.3, -0.25) is 9.32 Å². The van der Waals surface area contributed by atoms with Gasteiger partial charge in [-0.05, 0) is 23.5 Å². The summed E-state index contributed by atoms with van der Waals surface area (Å²) in [6, 6.07) is 3.81. The van der Waals surface area contributed by atoms with E-state index in [0.29, 0.717) is 5.69 Å². The Morgan fingerprint density at radius 3 is 2.94 bits per heavy atom. The van der Waals surface area contributed by atoms with Crippen LogP contribution in [-0.4, -0.2) is 11.2 Å². The molecule has 18 heavy (non-hydrogen) atoms. The number of amides is 1. The second-order valence-electron chi connectivity index (χ2n) is 3.45. The van der Waals surface area contributed by atoms with E-state index in [2.05, 4.69) is 15.1 Å². The summed E-state index contributed by atoms with van der Waals surface area (Å²) < 4.78 is 18.4. The highest BCUT2D eigenvalue weighted by molar-refractivity contribution is 6.31. The summed E-state index contributed by atoms with van der Waals surface area (Å²) in [5, 5.41) is 4.63. The molecule has 94 valence electrons. The minimum Gasteiger partial charge on any atom is -0.320 e. The van der Waals surface area contributed by atoms with Crippen LogP contribution in [0.5, 0.6) is 0 Å². The average molecular weight is 273 g/mol. The first-order valence-electron chi connectivity index (χ1n) is 4.87. The minimum atomic E-state index is -0.590. The van der Waals surface area contributed by atoms with Crippen molar-refractivity contribution in [1.82, 2.24) is 5.27 Å². The van der Waals surface area contributed by atoms with E-state index in [1.807, 2.05) is 0 Å². The van der Waals surface area contributed by atoms with Gasteiger partial charge in [0.05, 0.1) is 5.02 Å². The van der Waals surface area contributed by atoms with Crippen LogP contribution in [0.1, 0.15) is 0 Å². The smallest absolute Gasteiger partial charge is 0.320 e. The lowest BCUT2D eigenvalue weighted by Gasteiger charge is -2.02. The molecule has 0 radical (unpaired) electrons. The maximum absolute atomic E-state index is 12.9. The number of aromatic nitrogens is 2. The van der Waals surface area contributed by atoms with Crippen LogP contribution in [0.15, 0.2) is 33.7 Å². The highest BCUT2D eigenvalue weighted by Gasteiger charge is 2.13. The molecule has 0 saturated carbocycles. The van der Waals surface area contributed by atoms with Crippen molar-refractivity contribution < 1.29 is 18.4 Å². The maximum atomic E-state index is 12.9. The predicted octanol–water partition coefficient (Wildman–Crippen LogP) is 0.687. The number of carbonyl (C=O) groups excluding carboxylic acids is 1. The second kappa shape index (κ2) is 5.01. The zero-order valence-electron chi connectivity index (χ0n) is 8.94. The lowest BCUT2D eigenvalue weighted by atomic mass is 10.3. The van der Waals surface area contributed by atoms with E-state index in [0.717, 1.165) is 12.3 Å². The van der Waals surface area contributed by atoms with Crippen LogP contribution in [0, 0.1) is 5.82 Å². The van der Waals surface area contributed by atoms with Crippen LogP contribution in [0.3, 0.4) is 0 Å². The van der Waals surface area contributed by atoms with Gasteiger partial charge < -0.3 is 5.32 Å². The van der Waals surface area contributed by atoms with Crippen molar-refractivity contribution >= 4 is 23.2 Å². The number of halogens is 2. The van der Waals surface area contributed by atoms with Gasteiger partial charge >= 0.3 is 5.63 Å². The molecule has 0 aliphatic carbocycles. The summed E-state index contributed by atoms with van der Waals surface area (Å²) in [5.74, 6) is -0.983. The molecule has 0 bridgehead atoms. The molecule has 0 atom stereocenters. The van der Waals surface area contributed by atoms with Crippen molar-refractivity contribution in [2.75, 3.05) is 5.32 Å². The summed E-state index contributed by atoms with van der Waals surface area (Å²) >= 11 is 5.57. The molecule has 6 nitrogen and oxygen atoms in total. The molecule has 0 saturated heterocycles.